The van der Waals surface area contributed by atoms with E-state index >= 15 is 0 Å². The minimum absolute atomic E-state index is 0.411. The van der Waals surface area contributed by atoms with Crippen LogP contribution >= 0.6 is 0 Å². The van der Waals surface area contributed by atoms with Gasteiger partial charge in [0.2, 0.25) is 10.0 Å². The Balaban J connectivity index is 2.66. The van der Waals surface area contributed by atoms with E-state index < -0.39 is 28.2 Å². The Morgan fingerprint density at radius 2 is 1.76 bits per heavy atom. The van der Waals surface area contributed by atoms with E-state index in [9.17, 15) is 13.2 Å². The zero-order valence-electron chi connectivity index (χ0n) is 9.30. The summed E-state index contributed by atoms with van der Waals surface area (Å²) in [6, 6.07) is 6.64. The minimum Gasteiger partial charge on any atom is -0.481 e. The van der Waals surface area contributed by atoms with Crippen LogP contribution in [0.4, 0.5) is 11.4 Å². The lowest BCUT2D eigenvalue weighted by Gasteiger charge is -2.07. The maximum Gasteiger partial charge on any atom is 0.304 e. The number of hydrogen-bond donors (Lipinski definition) is 3. The average molecular weight is 258 g/mol. The summed E-state index contributed by atoms with van der Waals surface area (Å²) >= 11 is 0. The topological polar surface area (TPSA) is 95.5 Å². The van der Waals surface area contributed by atoms with Gasteiger partial charge < -0.3 is 10.4 Å². The third-order valence-corrected chi connectivity index (χ3v) is 3.32. The summed E-state index contributed by atoms with van der Waals surface area (Å²) in [6.45, 7) is 0. The van der Waals surface area contributed by atoms with E-state index in [1.807, 2.05) is 0 Å². The molecule has 7 heteroatoms. The standard InChI is InChI=1S/C10H14N2O4S/c1-11-8-2-4-9(5-3-8)12-17(15,16)7-6-10(13)14/h2-5,11-12H,6-7H2,1H3,(H,13,14). The molecule has 0 saturated heterocycles. The quantitative estimate of drug-likeness (QED) is 0.706. The third kappa shape index (κ3) is 4.73. The Labute approximate surface area is 99.7 Å². The molecule has 0 aromatic heterocycles. The fraction of sp³-hybridized carbons (Fsp3) is 0.300. The summed E-state index contributed by atoms with van der Waals surface area (Å²) in [7, 11) is -1.84. The Hall–Kier alpha value is -1.76. The molecule has 0 amide bonds. The van der Waals surface area contributed by atoms with Crippen molar-refractivity contribution < 1.29 is 18.3 Å². The van der Waals surface area contributed by atoms with Gasteiger partial charge >= 0.3 is 5.97 Å². The molecule has 0 heterocycles. The van der Waals surface area contributed by atoms with Crippen molar-refractivity contribution in [3.05, 3.63) is 24.3 Å². The van der Waals surface area contributed by atoms with E-state index in [1.165, 1.54) is 0 Å². The number of nitrogens with one attached hydrogen (secondary N) is 2. The lowest BCUT2D eigenvalue weighted by molar-refractivity contribution is -0.136. The molecule has 0 atom stereocenters. The lowest BCUT2D eigenvalue weighted by atomic mass is 10.3. The monoisotopic (exact) mass is 258 g/mol. The van der Waals surface area contributed by atoms with Crippen LogP contribution in [-0.4, -0.2) is 32.3 Å². The molecule has 1 aromatic rings. The van der Waals surface area contributed by atoms with Crippen molar-refractivity contribution in [1.29, 1.82) is 0 Å². The molecular formula is C10H14N2O4S. The SMILES string of the molecule is CNc1ccc(NS(=O)(=O)CCC(=O)O)cc1. The number of anilines is 2. The molecular weight excluding hydrogens is 244 g/mol. The lowest BCUT2D eigenvalue weighted by Crippen LogP contribution is -2.18. The first-order chi connectivity index (χ1) is 7.93. The molecule has 1 rings (SSSR count). The van der Waals surface area contributed by atoms with Crippen molar-refractivity contribution in [2.75, 3.05) is 22.8 Å². The van der Waals surface area contributed by atoms with Gasteiger partial charge in [0.15, 0.2) is 0 Å². The number of carbonyl (C=O) groups is 1. The first-order valence-corrected chi connectivity index (χ1v) is 6.58. The summed E-state index contributed by atoms with van der Waals surface area (Å²) in [5.74, 6) is -1.57. The van der Waals surface area contributed by atoms with Crippen molar-refractivity contribution in [3.8, 4) is 0 Å². The molecule has 94 valence electrons. The predicted molar refractivity (Wildman–Crippen MR) is 65.7 cm³/mol. The zero-order chi connectivity index (χ0) is 12.9. The van der Waals surface area contributed by atoms with Crippen LogP contribution in [0.3, 0.4) is 0 Å². The highest BCUT2D eigenvalue weighted by Gasteiger charge is 2.12. The molecule has 6 nitrogen and oxygen atoms in total. The van der Waals surface area contributed by atoms with Crippen molar-refractivity contribution in [1.82, 2.24) is 0 Å². The normalized spacial score (nSPS) is 10.9. The van der Waals surface area contributed by atoms with Crippen molar-refractivity contribution in [2.45, 2.75) is 6.42 Å². The van der Waals surface area contributed by atoms with E-state index in [2.05, 4.69) is 10.0 Å². The highest BCUT2D eigenvalue weighted by Crippen LogP contribution is 2.14. The first-order valence-electron chi connectivity index (χ1n) is 4.93. The number of hydrogen-bond acceptors (Lipinski definition) is 4. The van der Waals surface area contributed by atoms with Crippen molar-refractivity contribution >= 4 is 27.4 Å². The Bertz CT molecular complexity index is 482. The van der Waals surface area contributed by atoms with Gasteiger partial charge in [-0.25, -0.2) is 8.42 Å². The molecule has 0 fully saturated rings. The zero-order valence-corrected chi connectivity index (χ0v) is 10.1. The van der Waals surface area contributed by atoms with Crippen LogP contribution in [0.2, 0.25) is 0 Å². The highest BCUT2D eigenvalue weighted by atomic mass is 32.2. The van der Waals surface area contributed by atoms with E-state index in [1.54, 1.807) is 31.3 Å². The van der Waals surface area contributed by atoms with Gasteiger partial charge in [0.1, 0.15) is 0 Å². The molecule has 0 aliphatic rings. The van der Waals surface area contributed by atoms with E-state index in [0.29, 0.717) is 5.69 Å². The van der Waals surface area contributed by atoms with Gasteiger partial charge in [-0.1, -0.05) is 0 Å². The van der Waals surface area contributed by atoms with Crippen molar-refractivity contribution in [3.63, 3.8) is 0 Å². The van der Waals surface area contributed by atoms with Gasteiger partial charge in [-0.15, -0.1) is 0 Å². The number of benzene rings is 1. The van der Waals surface area contributed by atoms with Crippen LogP contribution < -0.4 is 10.0 Å². The van der Waals surface area contributed by atoms with Crippen LogP contribution in [0, 0.1) is 0 Å². The minimum atomic E-state index is -3.60. The molecule has 0 spiro atoms. The molecule has 17 heavy (non-hydrogen) atoms. The summed E-state index contributed by atoms with van der Waals surface area (Å²) in [4.78, 5) is 10.3. The van der Waals surface area contributed by atoms with Gasteiger partial charge in [-0.3, -0.25) is 9.52 Å². The molecule has 0 unspecified atom stereocenters. The number of sulfonamides is 1. The maximum absolute atomic E-state index is 11.5. The van der Waals surface area contributed by atoms with Crippen LogP contribution in [0.15, 0.2) is 24.3 Å². The van der Waals surface area contributed by atoms with Gasteiger partial charge in [-0.05, 0) is 24.3 Å². The number of carboxylic acids is 1. The number of rotatable bonds is 6. The maximum atomic E-state index is 11.5. The highest BCUT2D eigenvalue weighted by molar-refractivity contribution is 7.92. The first kappa shape index (κ1) is 13.3. The Morgan fingerprint density at radius 3 is 2.24 bits per heavy atom. The third-order valence-electron chi connectivity index (χ3n) is 2.03. The van der Waals surface area contributed by atoms with E-state index in [-0.39, 0.29) is 0 Å². The van der Waals surface area contributed by atoms with Crippen LogP contribution in [0.5, 0.6) is 0 Å². The second-order valence-electron chi connectivity index (χ2n) is 3.39. The van der Waals surface area contributed by atoms with Crippen LogP contribution in [0.25, 0.3) is 0 Å². The second-order valence-corrected chi connectivity index (χ2v) is 5.23. The Kier molecular flexibility index (Phi) is 4.33. The summed E-state index contributed by atoms with van der Waals surface area (Å²) in [5.41, 5.74) is 1.27. The fourth-order valence-corrected chi connectivity index (χ4v) is 2.20. The smallest absolute Gasteiger partial charge is 0.304 e. The van der Waals surface area contributed by atoms with E-state index in [4.69, 9.17) is 5.11 Å². The fourth-order valence-electron chi connectivity index (χ4n) is 1.16. The van der Waals surface area contributed by atoms with Crippen LogP contribution in [0.1, 0.15) is 6.42 Å². The molecule has 0 radical (unpaired) electrons. The molecule has 0 aliphatic carbocycles. The summed E-state index contributed by atoms with van der Waals surface area (Å²) in [5, 5.41) is 11.3. The van der Waals surface area contributed by atoms with Crippen molar-refractivity contribution in [2.24, 2.45) is 0 Å². The van der Waals surface area contributed by atoms with Gasteiger partial charge in [-0.2, -0.15) is 0 Å². The predicted octanol–water partition coefficient (Wildman–Crippen LogP) is 0.945. The van der Waals surface area contributed by atoms with Crippen LogP contribution in [-0.2, 0) is 14.8 Å². The van der Waals surface area contributed by atoms with E-state index in [0.717, 1.165) is 5.69 Å². The Morgan fingerprint density at radius 1 is 1.24 bits per heavy atom. The van der Waals surface area contributed by atoms with Gasteiger partial charge in [0.25, 0.3) is 0 Å². The van der Waals surface area contributed by atoms with Gasteiger partial charge in [0.05, 0.1) is 12.2 Å². The molecule has 0 bridgehead atoms. The molecule has 3 N–H and O–H groups in total. The average Bonchev–Trinajstić information content (AvgIpc) is 2.27. The number of aliphatic carboxylic acids is 1. The largest absolute Gasteiger partial charge is 0.481 e. The summed E-state index contributed by atoms with van der Waals surface area (Å²) in [6.07, 6.45) is -0.413. The molecule has 1 aromatic carbocycles. The van der Waals surface area contributed by atoms with Gasteiger partial charge in [0, 0.05) is 18.4 Å². The number of carboxylic acid groups (broad SMARTS) is 1. The second kappa shape index (κ2) is 5.53. The summed E-state index contributed by atoms with van der Waals surface area (Å²) < 4.78 is 25.2. The molecule has 0 aliphatic heterocycles. The molecule has 0 saturated carbocycles.